The molecule has 0 saturated carbocycles. The zero-order valence-electron chi connectivity index (χ0n) is 11.3. The molecule has 1 aliphatic carbocycles. The van der Waals surface area contributed by atoms with E-state index in [0.29, 0.717) is 5.41 Å². The van der Waals surface area contributed by atoms with Crippen LogP contribution in [0.5, 0.6) is 0 Å². The molecule has 1 aromatic carbocycles. The van der Waals surface area contributed by atoms with E-state index in [9.17, 15) is 0 Å². The van der Waals surface area contributed by atoms with E-state index in [1.54, 1.807) is 22.7 Å². The van der Waals surface area contributed by atoms with Crippen molar-refractivity contribution in [1.82, 2.24) is 0 Å². The maximum atomic E-state index is 2.66. The number of rotatable bonds is 0. The number of aryl methyl sites for hydroxylation is 2. The number of hydrogen-bond donors (Lipinski definition) is 0. The quantitative estimate of drug-likeness (QED) is 0.611. The molecule has 2 heterocycles. The molecule has 0 fully saturated rings. The van der Waals surface area contributed by atoms with Gasteiger partial charge in [0.15, 0.2) is 0 Å². The van der Waals surface area contributed by atoms with Crippen molar-refractivity contribution >= 4 is 13.3 Å². The monoisotopic (exact) mass is 242 g/mol. The Kier molecular flexibility index (Phi) is 1.76. The van der Waals surface area contributed by atoms with E-state index in [1.165, 1.54) is 31.7 Å². The number of hydrogen-bond acceptors (Lipinski definition) is 0. The van der Waals surface area contributed by atoms with Crippen molar-refractivity contribution in [2.24, 2.45) is 0 Å². The molecule has 3 aliphatic rings. The Hall–Kier alpha value is -0.563. The molecule has 0 saturated heterocycles. The van der Waals surface area contributed by atoms with Gasteiger partial charge in [-0.25, -0.2) is 0 Å². The van der Waals surface area contributed by atoms with Crippen molar-refractivity contribution < 1.29 is 0 Å². The molecule has 17 heavy (non-hydrogen) atoms. The second-order valence-corrected chi connectivity index (χ2v) is 11.8. The summed E-state index contributed by atoms with van der Waals surface area (Å²) in [6.45, 7) is 7.56. The number of benzene rings is 1. The highest BCUT2D eigenvalue weighted by molar-refractivity contribution is 6.92. The zero-order valence-corrected chi connectivity index (χ0v) is 12.3. The van der Waals surface area contributed by atoms with Gasteiger partial charge in [-0.3, -0.25) is 0 Å². The molecular weight excluding hydrogens is 220 g/mol. The molecule has 4 rings (SSSR count). The molecule has 1 heteroatoms. The van der Waals surface area contributed by atoms with E-state index >= 15 is 0 Å². The van der Waals surface area contributed by atoms with Crippen LogP contribution in [0, 0.1) is 6.92 Å². The summed E-state index contributed by atoms with van der Waals surface area (Å²) < 4.78 is 0. The Morgan fingerprint density at radius 2 is 2.00 bits per heavy atom. The van der Waals surface area contributed by atoms with Crippen LogP contribution in [0.15, 0.2) is 6.07 Å². The highest BCUT2D eigenvalue weighted by atomic mass is 28.3. The fraction of sp³-hybridized carbons (Fsp3) is 0.625. The van der Waals surface area contributed by atoms with Crippen molar-refractivity contribution in [3.8, 4) is 0 Å². The van der Waals surface area contributed by atoms with Gasteiger partial charge in [0.25, 0.3) is 0 Å². The van der Waals surface area contributed by atoms with E-state index < -0.39 is 8.07 Å². The molecule has 0 nitrogen and oxygen atoms in total. The minimum atomic E-state index is -1.05. The Balaban J connectivity index is 2.13. The van der Waals surface area contributed by atoms with Crippen molar-refractivity contribution in [2.45, 2.75) is 63.6 Å². The third kappa shape index (κ3) is 1.10. The van der Waals surface area contributed by atoms with Gasteiger partial charge in [-0.2, -0.15) is 0 Å². The zero-order chi connectivity index (χ0) is 11.8. The van der Waals surface area contributed by atoms with Crippen LogP contribution >= 0.6 is 0 Å². The summed E-state index contributed by atoms with van der Waals surface area (Å²) in [6.07, 6.45) is 5.65. The van der Waals surface area contributed by atoms with E-state index in [4.69, 9.17) is 0 Å². The minimum Gasteiger partial charge on any atom is -0.0652 e. The lowest BCUT2D eigenvalue weighted by Crippen LogP contribution is -2.51. The second-order valence-electron chi connectivity index (χ2n) is 7.20. The van der Waals surface area contributed by atoms with Crippen LogP contribution in [0.25, 0.3) is 0 Å². The van der Waals surface area contributed by atoms with Crippen molar-refractivity contribution in [3.05, 3.63) is 28.3 Å². The van der Waals surface area contributed by atoms with Gasteiger partial charge in [0.1, 0.15) is 0 Å². The van der Waals surface area contributed by atoms with Gasteiger partial charge in [0.05, 0.1) is 8.07 Å². The van der Waals surface area contributed by atoms with Crippen LogP contribution in [-0.2, 0) is 18.3 Å². The Labute approximate surface area is 105 Å². The third-order valence-electron chi connectivity index (χ3n) is 6.05. The van der Waals surface area contributed by atoms with Gasteiger partial charge in [-0.15, -0.1) is 0 Å². The SMILES string of the molecule is Cc1cc2c3c4c1CC[Si]4(C)CCC3(C)CC2. The van der Waals surface area contributed by atoms with E-state index in [-0.39, 0.29) is 0 Å². The average molecular weight is 242 g/mol. The standard InChI is InChI=1S/C16H22Si/c1-11-10-12-4-6-16(2)7-9-17(3)8-5-13(11)15(17)14(12)16/h10H,4-9H2,1-3H3. The molecule has 0 N–H and O–H groups in total. The van der Waals surface area contributed by atoms with Crippen molar-refractivity contribution in [3.63, 3.8) is 0 Å². The molecule has 1 aromatic rings. The summed E-state index contributed by atoms with van der Waals surface area (Å²) >= 11 is 0. The molecule has 0 bridgehead atoms. The summed E-state index contributed by atoms with van der Waals surface area (Å²) in [4.78, 5) is 0. The summed E-state index contributed by atoms with van der Waals surface area (Å²) in [5.41, 5.74) is 7.54. The van der Waals surface area contributed by atoms with Crippen LogP contribution in [-0.4, -0.2) is 8.07 Å². The first kappa shape index (κ1) is 10.4. The molecule has 2 unspecified atom stereocenters. The summed E-state index contributed by atoms with van der Waals surface area (Å²) in [5, 5.41) is 1.94. The van der Waals surface area contributed by atoms with Gasteiger partial charge in [0.2, 0.25) is 0 Å². The molecule has 2 aliphatic heterocycles. The van der Waals surface area contributed by atoms with Gasteiger partial charge >= 0.3 is 0 Å². The summed E-state index contributed by atoms with van der Waals surface area (Å²) in [7, 11) is -1.05. The van der Waals surface area contributed by atoms with E-state index in [0.717, 1.165) is 0 Å². The first-order valence-corrected chi connectivity index (χ1v) is 10.1. The predicted molar refractivity (Wildman–Crippen MR) is 76.0 cm³/mol. The smallest absolute Gasteiger partial charge is 0.0652 e. The Morgan fingerprint density at radius 3 is 2.82 bits per heavy atom. The molecule has 0 aromatic heterocycles. The summed E-state index contributed by atoms with van der Waals surface area (Å²) in [6, 6.07) is 5.63. The molecule has 2 atom stereocenters. The van der Waals surface area contributed by atoms with Gasteiger partial charge in [-0.05, 0) is 66.3 Å². The average Bonchev–Trinajstić information content (AvgIpc) is 2.78. The molecule has 0 radical (unpaired) electrons. The fourth-order valence-corrected chi connectivity index (χ4v) is 9.69. The highest BCUT2D eigenvalue weighted by Crippen LogP contribution is 2.50. The fourth-order valence-electron chi connectivity index (χ4n) is 4.92. The van der Waals surface area contributed by atoms with Crippen LogP contribution in [0.1, 0.15) is 42.0 Å². The lowest BCUT2D eigenvalue weighted by molar-refractivity contribution is 0.447. The summed E-state index contributed by atoms with van der Waals surface area (Å²) in [5.74, 6) is 0. The maximum absolute atomic E-state index is 2.66. The minimum absolute atomic E-state index is 0.559. The third-order valence-corrected chi connectivity index (χ3v) is 10.5. The second kappa shape index (κ2) is 2.88. The lowest BCUT2D eigenvalue weighted by atomic mass is 9.80. The van der Waals surface area contributed by atoms with Crippen LogP contribution in [0.2, 0.25) is 18.6 Å². The van der Waals surface area contributed by atoms with E-state index in [1.807, 2.05) is 10.8 Å². The molecule has 0 spiro atoms. The molecular formula is C16H22Si. The van der Waals surface area contributed by atoms with Gasteiger partial charge in [0, 0.05) is 0 Å². The largest absolute Gasteiger partial charge is 0.0848 e. The van der Waals surface area contributed by atoms with Crippen LogP contribution < -0.4 is 5.19 Å². The first-order chi connectivity index (χ1) is 8.04. The predicted octanol–water partition coefficient (Wildman–Crippen LogP) is 3.44. The highest BCUT2D eigenvalue weighted by Gasteiger charge is 2.50. The van der Waals surface area contributed by atoms with Gasteiger partial charge < -0.3 is 0 Å². The van der Waals surface area contributed by atoms with E-state index in [2.05, 4.69) is 26.5 Å². The van der Waals surface area contributed by atoms with Crippen LogP contribution in [0.4, 0.5) is 0 Å². The first-order valence-electron chi connectivity index (χ1n) is 7.20. The Bertz CT molecular complexity index is 531. The Morgan fingerprint density at radius 1 is 1.18 bits per heavy atom. The maximum Gasteiger partial charge on any atom is 0.0848 e. The van der Waals surface area contributed by atoms with Gasteiger partial charge in [-0.1, -0.05) is 30.8 Å². The van der Waals surface area contributed by atoms with Crippen LogP contribution in [0.3, 0.4) is 0 Å². The van der Waals surface area contributed by atoms with Crippen molar-refractivity contribution in [1.29, 1.82) is 0 Å². The normalized spacial score (nSPS) is 37.4. The van der Waals surface area contributed by atoms with Crippen molar-refractivity contribution in [2.75, 3.05) is 0 Å². The topological polar surface area (TPSA) is 0 Å². The lowest BCUT2D eigenvalue weighted by Gasteiger charge is -2.40. The molecule has 90 valence electrons. The molecule has 0 amide bonds.